The fraction of sp³-hybridized carbons (Fsp3) is 0.762. The SMILES string of the molecule is CN(C)C(=O)CC1CCC2(CC1)CCN(Cc1cnn(C)c1)CC2.O=C(O)C(F)(F)F. The van der Waals surface area contributed by atoms with Gasteiger partial charge < -0.3 is 10.0 Å². The maximum absolute atomic E-state index is 11.9. The fourth-order valence-corrected chi connectivity index (χ4v) is 4.42. The number of hydrogen-bond acceptors (Lipinski definition) is 4. The van der Waals surface area contributed by atoms with Crippen molar-refractivity contribution in [3.05, 3.63) is 18.0 Å². The molecule has 0 atom stereocenters. The number of aromatic nitrogens is 2. The Morgan fingerprint density at radius 2 is 1.74 bits per heavy atom. The van der Waals surface area contributed by atoms with Crippen LogP contribution in [0.25, 0.3) is 0 Å². The van der Waals surface area contributed by atoms with Gasteiger partial charge >= 0.3 is 12.1 Å². The molecule has 2 aliphatic rings. The third-order valence-corrected chi connectivity index (χ3v) is 6.45. The molecule has 1 saturated heterocycles. The van der Waals surface area contributed by atoms with E-state index in [4.69, 9.17) is 9.90 Å². The molecule has 1 amide bonds. The van der Waals surface area contributed by atoms with Gasteiger partial charge in [0.15, 0.2) is 0 Å². The van der Waals surface area contributed by atoms with Crippen LogP contribution in [0.1, 0.15) is 50.5 Å². The van der Waals surface area contributed by atoms with E-state index in [1.165, 1.54) is 57.2 Å². The Labute approximate surface area is 181 Å². The van der Waals surface area contributed by atoms with Gasteiger partial charge in [0.2, 0.25) is 5.91 Å². The van der Waals surface area contributed by atoms with Gasteiger partial charge in [-0.2, -0.15) is 18.3 Å². The monoisotopic (exact) mass is 446 g/mol. The van der Waals surface area contributed by atoms with E-state index < -0.39 is 12.1 Å². The molecule has 1 aromatic heterocycles. The molecular formula is C21H33F3N4O3. The van der Waals surface area contributed by atoms with Crippen molar-refractivity contribution in [1.29, 1.82) is 0 Å². The number of rotatable bonds is 4. The third kappa shape index (κ3) is 7.83. The van der Waals surface area contributed by atoms with Crippen LogP contribution in [0.3, 0.4) is 0 Å². The molecule has 1 aliphatic carbocycles. The van der Waals surface area contributed by atoms with Crippen molar-refractivity contribution in [2.75, 3.05) is 27.2 Å². The molecule has 2 fully saturated rings. The van der Waals surface area contributed by atoms with E-state index in [1.807, 2.05) is 32.0 Å². The fourth-order valence-electron chi connectivity index (χ4n) is 4.42. The number of amides is 1. The summed E-state index contributed by atoms with van der Waals surface area (Å²) in [5, 5.41) is 11.4. The highest BCUT2D eigenvalue weighted by molar-refractivity contribution is 5.75. The Morgan fingerprint density at radius 3 is 2.16 bits per heavy atom. The van der Waals surface area contributed by atoms with Crippen molar-refractivity contribution in [1.82, 2.24) is 19.6 Å². The van der Waals surface area contributed by atoms with Gasteiger partial charge in [-0.3, -0.25) is 14.4 Å². The second-order valence-corrected chi connectivity index (χ2v) is 9.04. The zero-order valence-corrected chi connectivity index (χ0v) is 18.5. The molecule has 7 nitrogen and oxygen atoms in total. The number of aryl methyl sites for hydroxylation is 1. The van der Waals surface area contributed by atoms with E-state index in [9.17, 15) is 18.0 Å². The highest BCUT2D eigenvalue weighted by atomic mass is 19.4. The summed E-state index contributed by atoms with van der Waals surface area (Å²) in [6.45, 7) is 3.44. The van der Waals surface area contributed by atoms with Crippen molar-refractivity contribution >= 4 is 11.9 Å². The first-order valence-electron chi connectivity index (χ1n) is 10.6. The largest absolute Gasteiger partial charge is 0.490 e. The molecular weight excluding hydrogens is 413 g/mol. The van der Waals surface area contributed by atoms with E-state index >= 15 is 0 Å². The summed E-state index contributed by atoms with van der Waals surface area (Å²) in [5.74, 6) is -1.85. The molecule has 1 saturated carbocycles. The van der Waals surface area contributed by atoms with Gasteiger partial charge in [-0.25, -0.2) is 4.79 Å². The molecule has 0 unspecified atom stereocenters. The molecule has 1 spiro atoms. The van der Waals surface area contributed by atoms with Crippen LogP contribution >= 0.6 is 0 Å². The van der Waals surface area contributed by atoms with Crippen molar-refractivity contribution < 1.29 is 27.9 Å². The Morgan fingerprint density at radius 1 is 1.19 bits per heavy atom. The minimum atomic E-state index is -5.08. The highest BCUT2D eigenvalue weighted by Crippen LogP contribution is 2.47. The Kier molecular flexibility index (Phi) is 8.50. The second kappa shape index (κ2) is 10.5. The van der Waals surface area contributed by atoms with E-state index in [0.29, 0.717) is 17.2 Å². The lowest BCUT2D eigenvalue weighted by Crippen LogP contribution is -2.41. The average Bonchev–Trinajstić information content (AvgIpc) is 3.10. The minimum Gasteiger partial charge on any atom is -0.475 e. The van der Waals surface area contributed by atoms with Crippen molar-refractivity contribution in [2.24, 2.45) is 18.4 Å². The number of carboxylic acids is 1. The smallest absolute Gasteiger partial charge is 0.475 e. The number of aliphatic carboxylic acids is 1. The summed E-state index contributed by atoms with van der Waals surface area (Å²) in [7, 11) is 5.71. The summed E-state index contributed by atoms with van der Waals surface area (Å²) >= 11 is 0. The number of carbonyl (C=O) groups excluding carboxylic acids is 1. The van der Waals surface area contributed by atoms with Crippen LogP contribution in [0.15, 0.2) is 12.4 Å². The molecule has 0 radical (unpaired) electrons. The quantitative estimate of drug-likeness (QED) is 0.768. The number of carboxylic acid groups (broad SMARTS) is 1. The van der Waals surface area contributed by atoms with E-state index in [0.717, 1.165) is 13.0 Å². The predicted octanol–water partition coefficient (Wildman–Crippen LogP) is 3.30. The molecule has 0 aromatic carbocycles. The molecule has 176 valence electrons. The number of piperidine rings is 1. The lowest BCUT2D eigenvalue weighted by atomic mass is 9.65. The zero-order chi connectivity index (χ0) is 23.2. The van der Waals surface area contributed by atoms with Crippen LogP contribution in [0.4, 0.5) is 13.2 Å². The number of halogens is 3. The summed E-state index contributed by atoms with van der Waals surface area (Å²) in [6.07, 6.45) is 7.52. The Balaban J connectivity index is 0.000000423. The lowest BCUT2D eigenvalue weighted by molar-refractivity contribution is -0.192. The van der Waals surface area contributed by atoms with Gasteiger partial charge in [0.05, 0.1) is 6.20 Å². The first-order chi connectivity index (χ1) is 14.4. The van der Waals surface area contributed by atoms with Crippen LogP contribution in [-0.4, -0.2) is 69.9 Å². The highest BCUT2D eigenvalue weighted by Gasteiger charge is 2.39. The number of nitrogens with zero attached hydrogens (tertiary/aromatic N) is 4. The molecule has 3 rings (SSSR count). The average molecular weight is 447 g/mol. The number of hydrogen-bond donors (Lipinski definition) is 1. The molecule has 1 aromatic rings. The van der Waals surface area contributed by atoms with Crippen LogP contribution in [-0.2, 0) is 23.2 Å². The van der Waals surface area contributed by atoms with E-state index in [-0.39, 0.29) is 0 Å². The Bertz CT molecular complexity index is 730. The van der Waals surface area contributed by atoms with Gasteiger partial charge in [-0.05, 0) is 62.9 Å². The van der Waals surface area contributed by atoms with Gasteiger partial charge in [-0.15, -0.1) is 0 Å². The first kappa shape index (κ1) is 25.2. The van der Waals surface area contributed by atoms with Gasteiger partial charge in [0.25, 0.3) is 0 Å². The predicted molar refractivity (Wildman–Crippen MR) is 109 cm³/mol. The number of carbonyl (C=O) groups is 2. The molecule has 10 heteroatoms. The third-order valence-electron chi connectivity index (χ3n) is 6.45. The molecule has 0 bridgehead atoms. The summed E-state index contributed by atoms with van der Waals surface area (Å²) in [5.41, 5.74) is 1.88. The number of alkyl halides is 3. The zero-order valence-electron chi connectivity index (χ0n) is 18.5. The van der Waals surface area contributed by atoms with E-state index in [2.05, 4.69) is 16.2 Å². The van der Waals surface area contributed by atoms with Gasteiger partial charge in [0.1, 0.15) is 0 Å². The number of likely N-dealkylation sites (tertiary alicyclic amines) is 1. The maximum atomic E-state index is 11.9. The Hall–Kier alpha value is -2.10. The van der Waals surface area contributed by atoms with Crippen LogP contribution in [0.5, 0.6) is 0 Å². The van der Waals surface area contributed by atoms with Crippen LogP contribution in [0.2, 0.25) is 0 Å². The molecule has 31 heavy (non-hydrogen) atoms. The molecule has 1 aliphatic heterocycles. The topological polar surface area (TPSA) is 78.7 Å². The van der Waals surface area contributed by atoms with Crippen LogP contribution in [0, 0.1) is 11.3 Å². The van der Waals surface area contributed by atoms with Gasteiger partial charge in [-0.1, -0.05) is 0 Å². The lowest BCUT2D eigenvalue weighted by Gasteiger charge is -2.46. The van der Waals surface area contributed by atoms with Crippen molar-refractivity contribution in [2.45, 2.75) is 57.7 Å². The maximum Gasteiger partial charge on any atom is 0.490 e. The summed E-state index contributed by atoms with van der Waals surface area (Å²) in [6, 6.07) is 0. The standard InChI is InChI=1S/C19H32N4O.C2HF3O2/c1-21(2)18(24)12-16-4-6-19(7-5-16)8-10-23(11-9-19)15-17-13-20-22(3)14-17;3-2(4,5)1(6)7/h13-14,16H,4-12,15H2,1-3H3;(H,6,7). The first-order valence-corrected chi connectivity index (χ1v) is 10.6. The van der Waals surface area contributed by atoms with Gasteiger partial charge in [0, 0.05) is 45.9 Å². The second-order valence-electron chi connectivity index (χ2n) is 9.04. The van der Waals surface area contributed by atoms with Crippen molar-refractivity contribution in [3.63, 3.8) is 0 Å². The molecule has 1 N–H and O–H groups in total. The normalized spacial score (nSPS) is 19.5. The van der Waals surface area contributed by atoms with Crippen LogP contribution < -0.4 is 0 Å². The molecule has 2 heterocycles. The summed E-state index contributed by atoms with van der Waals surface area (Å²) in [4.78, 5) is 25.1. The van der Waals surface area contributed by atoms with Crippen molar-refractivity contribution in [3.8, 4) is 0 Å². The minimum absolute atomic E-state index is 0.294. The van der Waals surface area contributed by atoms with E-state index in [1.54, 1.807) is 4.90 Å². The summed E-state index contributed by atoms with van der Waals surface area (Å²) < 4.78 is 33.6.